The third kappa shape index (κ3) is 15.3. The quantitative estimate of drug-likeness (QED) is 0.0373. The van der Waals surface area contributed by atoms with E-state index in [1.165, 1.54) is 7.05 Å². The van der Waals surface area contributed by atoms with Gasteiger partial charge in [0.25, 0.3) is 0 Å². The van der Waals surface area contributed by atoms with Crippen molar-refractivity contribution in [2.45, 2.75) is 76.2 Å². The largest absolute Gasteiger partial charge is 0.461 e. The average Bonchev–Trinajstić information content (AvgIpc) is 3.69. The van der Waals surface area contributed by atoms with Crippen LogP contribution in [0.3, 0.4) is 0 Å². The van der Waals surface area contributed by atoms with Crippen LogP contribution in [-0.4, -0.2) is 97.9 Å². The molecule has 8 N–H and O–H groups in total. The molecule has 6 amide bonds. The number of sulfonamides is 1. The predicted octanol–water partition coefficient (Wildman–Crippen LogP) is 3.59. The van der Waals surface area contributed by atoms with Crippen LogP contribution in [0.25, 0.3) is 10.9 Å². The number of nitrogens with one attached hydrogen (secondary N) is 6. The Kier molecular flexibility index (Phi) is 17.8. The third-order valence-corrected chi connectivity index (χ3v) is 11.4. The second-order valence-corrected chi connectivity index (χ2v) is 17.5. The van der Waals surface area contributed by atoms with Crippen LogP contribution < -0.4 is 31.7 Å². The summed E-state index contributed by atoms with van der Waals surface area (Å²) in [4.78, 5) is 85.9. The summed E-state index contributed by atoms with van der Waals surface area (Å²) in [6.07, 6.45) is 2.44. The van der Waals surface area contributed by atoms with Crippen molar-refractivity contribution in [1.29, 1.82) is 0 Å². The number of esters is 1. The van der Waals surface area contributed by atoms with Crippen molar-refractivity contribution in [2.75, 3.05) is 25.2 Å². The Morgan fingerprint density at radius 3 is 2.05 bits per heavy atom. The molecule has 1 heterocycles. The summed E-state index contributed by atoms with van der Waals surface area (Å²) in [5, 5.41) is 11.6. The molecule has 0 radical (unpaired) electrons. The molecule has 0 aliphatic rings. The number of benzene rings is 4. The van der Waals surface area contributed by atoms with E-state index < -0.39 is 76.2 Å². The van der Waals surface area contributed by atoms with Gasteiger partial charge in [0.15, 0.2) is 0 Å². The topological polar surface area (TPSA) is 251 Å². The molecule has 18 heteroatoms. The molecule has 1 aromatic heterocycles. The van der Waals surface area contributed by atoms with E-state index in [4.69, 9.17) is 10.5 Å². The molecule has 17 nitrogen and oxygen atoms in total. The van der Waals surface area contributed by atoms with Crippen LogP contribution in [0.15, 0.2) is 115 Å². The maximum atomic E-state index is 14.4. The first-order chi connectivity index (χ1) is 31.1. The van der Waals surface area contributed by atoms with Gasteiger partial charge < -0.3 is 41.6 Å². The van der Waals surface area contributed by atoms with Gasteiger partial charge in [-0.2, -0.15) is 0 Å². The van der Waals surface area contributed by atoms with Gasteiger partial charge in [-0.3, -0.25) is 24.0 Å². The highest BCUT2D eigenvalue weighted by Crippen LogP contribution is 2.20. The number of fused-ring (bicyclic) bond motifs is 1. The highest BCUT2D eigenvalue weighted by Gasteiger charge is 2.35. The molecule has 0 aliphatic carbocycles. The van der Waals surface area contributed by atoms with Crippen molar-refractivity contribution in [2.24, 2.45) is 5.73 Å². The maximum Gasteiger partial charge on any atom is 0.319 e. The van der Waals surface area contributed by atoms with Crippen molar-refractivity contribution >= 4 is 62.2 Å². The van der Waals surface area contributed by atoms with E-state index in [-0.39, 0.29) is 38.8 Å². The number of ether oxygens (including phenoxy) is 1. The van der Waals surface area contributed by atoms with E-state index in [0.717, 1.165) is 27.6 Å². The van der Waals surface area contributed by atoms with Gasteiger partial charge in [-0.25, -0.2) is 17.9 Å². The molecule has 0 fully saturated rings. The molecule has 0 saturated carbocycles. The van der Waals surface area contributed by atoms with E-state index in [2.05, 4.69) is 31.0 Å². The number of hydrogen-bond acceptors (Lipinski definition) is 9. The number of hydrogen-bond donors (Lipinski definition) is 7. The van der Waals surface area contributed by atoms with Crippen molar-refractivity contribution in [3.63, 3.8) is 0 Å². The lowest BCUT2D eigenvalue weighted by Crippen LogP contribution is -2.59. The molecule has 0 spiro atoms. The molecule has 0 bridgehead atoms. The summed E-state index contributed by atoms with van der Waals surface area (Å²) in [5.74, 6) is -4.22. The number of anilines is 1. The number of carbonyl (C=O) groups is 6. The molecule has 0 aliphatic heterocycles. The number of aromatic amines is 1. The normalized spacial score (nSPS) is 13.1. The zero-order chi connectivity index (χ0) is 46.9. The Bertz CT molecular complexity index is 2540. The van der Waals surface area contributed by atoms with Crippen molar-refractivity contribution in [3.8, 4) is 0 Å². The molecule has 5 aromatic rings. The summed E-state index contributed by atoms with van der Waals surface area (Å²) in [6, 6.07) is 26.2. The molecule has 0 saturated heterocycles. The molecule has 65 heavy (non-hydrogen) atoms. The minimum Gasteiger partial charge on any atom is -0.461 e. The zero-order valence-electron chi connectivity index (χ0n) is 36.5. The first-order valence-corrected chi connectivity index (χ1v) is 23.0. The number of primary amides is 1. The second kappa shape index (κ2) is 23.6. The Hall–Kier alpha value is -7.05. The number of para-hydroxylation sites is 2. The standard InChI is InChI=1S/C47H56N8O9S/c1-31-16-10-12-22-36(31)53-47(61)49-25-15-14-24-38(51-45(59)39(54-65(3,62)63)27-34-29-50-37-23-13-11-21-35(34)37)44(58)52-40(28-42(56)64-30-33-19-8-5-9-20-33)46(60)55(2)41(43(48)57)26-32-17-6-4-7-18-32/h4-13,16-23,29,38-41,50,54H,14-15,24-28,30H2,1-3H3,(H2,48,57)(H,51,59)(H,52,58)(H2,49,53,61)/t38-,39-,40-,41-/m0/s1. The van der Waals surface area contributed by atoms with Crippen LogP contribution in [-0.2, 0) is 58.2 Å². The Labute approximate surface area is 378 Å². The van der Waals surface area contributed by atoms with Crippen molar-refractivity contribution < 1.29 is 41.9 Å². The van der Waals surface area contributed by atoms with Gasteiger partial charge in [0.1, 0.15) is 30.8 Å². The number of urea groups is 1. The van der Waals surface area contributed by atoms with Gasteiger partial charge >= 0.3 is 12.0 Å². The third-order valence-electron chi connectivity index (χ3n) is 10.6. The van der Waals surface area contributed by atoms with E-state index in [1.807, 2.05) is 37.3 Å². The molecule has 5 rings (SSSR count). The van der Waals surface area contributed by atoms with Crippen LogP contribution in [0.1, 0.15) is 47.9 Å². The van der Waals surface area contributed by atoms with Gasteiger partial charge in [0.05, 0.1) is 12.7 Å². The minimum atomic E-state index is -3.96. The average molecular weight is 909 g/mol. The van der Waals surface area contributed by atoms with Gasteiger partial charge in [-0.15, -0.1) is 0 Å². The Morgan fingerprint density at radius 2 is 1.37 bits per heavy atom. The fraction of sp³-hybridized carbons (Fsp3) is 0.319. The number of amides is 6. The Morgan fingerprint density at radius 1 is 0.754 bits per heavy atom. The summed E-state index contributed by atoms with van der Waals surface area (Å²) >= 11 is 0. The number of aryl methyl sites for hydroxylation is 1. The van der Waals surface area contributed by atoms with Crippen molar-refractivity contribution in [3.05, 3.63) is 138 Å². The fourth-order valence-electron chi connectivity index (χ4n) is 7.16. The number of nitrogens with two attached hydrogens (primary N) is 1. The number of aromatic nitrogens is 1. The van der Waals surface area contributed by atoms with Gasteiger partial charge in [0.2, 0.25) is 33.7 Å². The highest BCUT2D eigenvalue weighted by atomic mass is 32.2. The number of nitrogens with zero attached hydrogens (tertiary/aromatic N) is 1. The molecular formula is C47H56N8O9S. The zero-order valence-corrected chi connectivity index (χ0v) is 37.4. The number of unbranched alkanes of at least 4 members (excludes halogenated alkanes) is 1. The first kappa shape index (κ1) is 49.0. The summed E-state index contributed by atoms with van der Waals surface area (Å²) < 4.78 is 33.1. The molecule has 4 aromatic carbocycles. The number of likely N-dealkylation sites (N-methyl/N-ethyl adjacent to an activating group) is 1. The van der Waals surface area contributed by atoms with Crippen LogP contribution in [0.5, 0.6) is 0 Å². The highest BCUT2D eigenvalue weighted by molar-refractivity contribution is 7.88. The molecule has 344 valence electrons. The first-order valence-electron chi connectivity index (χ1n) is 21.1. The van der Waals surface area contributed by atoms with E-state index >= 15 is 0 Å². The van der Waals surface area contributed by atoms with Gasteiger partial charge in [0, 0.05) is 42.8 Å². The fourth-order valence-corrected chi connectivity index (χ4v) is 7.87. The maximum absolute atomic E-state index is 14.4. The Balaban J connectivity index is 1.38. The van der Waals surface area contributed by atoms with Gasteiger partial charge in [-0.05, 0) is 67.0 Å². The SMILES string of the molecule is Cc1ccccc1NC(=O)NCCCC[C@H](NC(=O)[C@H](Cc1c[nH]c2ccccc12)NS(C)(=O)=O)C(=O)N[C@@H](CC(=O)OCc1ccccc1)C(=O)N(C)[C@@H](Cc1ccccc1)C(N)=O. The van der Waals surface area contributed by atoms with Gasteiger partial charge in [-0.1, -0.05) is 97.1 Å². The summed E-state index contributed by atoms with van der Waals surface area (Å²) in [7, 11) is -2.63. The van der Waals surface area contributed by atoms with Crippen molar-refractivity contribution in [1.82, 2.24) is 30.6 Å². The lowest BCUT2D eigenvalue weighted by Gasteiger charge is -2.31. The lowest BCUT2D eigenvalue weighted by molar-refractivity contribution is -0.150. The van der Waals surface area contributed by atoms with Crippen LogP contribution in [0, 0.1) is 6.92 Å². The number of carbonyl (C=O) groups excluding carboxylic acids is 6. The second-order valence-electron chi connectivity index (χ2n) is 15.7. The summed E-state index contributed by atoms with van der Waals surface area (Å²) in [5.41, 5.74) is 10.1. The molecular weight excluding hydrogens is 853 g/mol. The van der Waals surface area contributed by atoms with E-state index in [1.54, 1.807) is 85.1 Å². The van der Waals surface area contributed by atoms with Crippen LogP contribution in [0.2, 0.25) is 0 Å². The number of rotatable bonds is 23. The minimum absolute atomic E-state index is 0.0372. The monoisotopic (exact) mass is 908 g/mol. The van der Waals surface area contributed by atoms with Crippen LogP contribution in [0.4, 0.5) is 10.5 Å². The molecule has 4 atom stereocenters. The molecule has 0 unspecified atom stereocenters. The lowest BCUT2D eigenvalue weighted by atomic mass is 10.0. The van der Waals surface area contributed by atoms with E-state index in [9.17, 15) is 37.2 Å². The van der Waals surface area contributed by atoms with Crippen LogP contribution >= 0.6 is 0 Å². The van der Waals surface area contributed by atoms with E-state index in [0.29, 0.717) is 28.8 Å². The number of H-pyrrole nitrogens is 1. The smallest absolute Gasteiger partial charge is 0.319 e. The summed E-state index contributed by atoms with van der Waals surface area (Å²) in [6.45, 7) is 1.92. The predicted molar refractivity (Wildman–Crippen MR) is 246 cm³/mol.